The number of alkyl halides is 2. The van der Waals surface area contributed by atoms with Crippen molar-refractivity contribution in [3.05, 3.63) is 23.5 Å². The van der Waals surface area contributed by atoms with Gasteiger partial charge < -0.3 is 15.6 Å². The Morgan fingerprint density at radius 3 is 2.86 bits per heavy atom. The molecule has 0 aliphatic heterocycles. The highest BCUT2D eigenvalue weighted by molar-refractivity contribution is 5.97. The second-order valence-corrected chi connectivity index (χ2v) is 4.30. The number of carbonyl (C=O) groups is 1. The van der Waals surface area contributed by atoms with Gasteiger partial charge in [-0.05, 0) is 12.5 Å². The Labute approximate surface area is 125 Å². The predicted molar refractivity (Wildman–Crippen MR) is 74.8 cm³/mol. The summed E-state index contributed by atoms with van der Waals surface area (Å²) in [6.45, 7) is 0.243. The monoisotopic (exact) mass is 320 g/mol. The molecular weight excluding hydrogens is 306 g/mol. The number of hydrogen-bond acceptors (Lipinski definition) is 5. The minimum Gasteiger partial charge on any atom is -0.346 e. The number of pyridine rings is 1. The topological polar surface area (TPSA) is 94.0 Å². The van der Waals surface area contributed by atoms with Crippen molar-refractivity contribution in [3.63, 3.8) is 0 Å². The molecule has 6 nitrogen and oxygen atoms in total. The van der Waals surface area contributed by atoms with E-state index in [2.05, 4.69) is 15.5 Å². The van der Waals surface area contributed by atoms with Crippen LogP contribution in [-0.2, 0) is 6.42 Å². The summed E-state index contributed by atoms with van der Waals surface area (Å²) >= 11 is 0. The highest BCUT2D eigenvalue weighted by atomic mass is 35.5. The van der Waals surface area contributed by atoms with E-state index in [0.717, 1.165) is 0 Å². The molecule has 3 N–H and O–H groups in total. The quantitative estimate of drug-likeness (QED) is 0.871. The average molecular weight is 321 g/mol. The van der Waals surface area contributed by atoms with Crippen LogP contribution in [0.1, 0.15) is 23.0 Å². The first-order valence-corrected chi connectivity index (χ1v) is 6.07. The number of aromatic nitrogens is 2. The van der Waals surface area contributed by atoms with E-state index in [9.17, 15) is 13.6 Å². The van der Waals surface area contributed by atoms with Crippen molar-refractivity contribution in [2.75, 3.05) is 13.1 Å². The van der Waals surface area contributed by atoms with Crippen LogP contribution < -0.4 is 11.1 Å². The molecule has 0 saturated carbocycles. The number of aryl methyl sites for hydroxylation is 1. The lowest BCUT2D eigenvalue weighted by atomic mass is 10.1. The molecule has 2 aromatic rings. The van der Waals surface area contributed by atoms with Crippen molar-refractivity contribution in [3.8, 4) is 0 Å². The van der Waals surface area contributed by atoms with Gasteiger partial charge in [0.05, 0.1) is 29.7 Å². The van der Waals surface area contributed by atoms with E-state index < -0.39 is 24.9 Å². The molecular formula is C12H15ClF2N4O2. The van der Waals surface area contributed by atoms with Gasteiger partial charge in [0.1, 0.15) is 0 Å². The minimum absolute atomic E-state index is 0. The number of amides is 1. The fraction of sp³-hybridized carbons (Fsp3) is 0.417. The third-order valence-corrected chi connectivity index (χ3v) is 2.81. The number of nitrogens with two attached hydrogens (primary N) is 1. The van der Waals surface area contributed by atoms with E-state index in [-0.39, 0.29) is 18.0 Å². The van der Waals surface area contributed by atoms with E-state index in [4.69, 9.17) is 10.3 Å². The van der Waals surface area contributed by atoms with Crippen LogP contribution in [-0.4, -0.2) is 35.1 Å². The molecule has 0 radical (unpaired) electrons. The van der Waals surface area contributed by atoms with Crippen LogP contribution in [0, 0.1) is 0 Å². The van der Waals surface area contributed by atoms with Gasteiger partial charge >= 0.3 is 0 Å². The first kappa shape index (κ1) is 17.3. The third kappa shape index (κ3) is 3.85. The highest BCUT2D eigenvalue weighted by Gasteiger charge is 2.27. The summed E-state index contributed by atoms with van der Waals surface area (Å²) < 4.78 is 30.9. The van der Waals surface area contributed by atoms with Crippen LogP contribution in [0.2, 0.25) is 0 Å². The molecule has 0 spiro atoms. The second kappa shape index (κ2) is 6.77. The Balaban J connectivity index is 0.00000220. The maximum absolute atomic E-state index is 13.0. The van der Waals surface area contributed by atoms with Gasteiger partial charge in [0.15, 0.2) is 0 Å². The van der Waals surface area contributed by atoms with E-state index >= 15 is 0 Å². The summed E-state index contributed by atoms with van der Waals surface area (Å²) in [7, 11) is 0. The van der Waals surface area contributed by atoms with Crippen LogP contribution in [0.15, 0.2) is 16.8 Å². The second-order valence-electron chi connectivity index (χ2n) is 4.30. The fourth-order valence-corrected chi connectivity index (χ4v) is 1.64. The van der Waals surface area contributed by atoms with Gasteiger partial charge in [0, 0.05) is 6.20 Å². The number of carbonyl (C=O) groups excluding carboxylic acids is 1. The van der Waals surface area contributed by atoms with Crippen LogP contribution >= 0.6 is 12.4 Å². The van der Waals surface area contributed by atoms with Gasteiger partial charge in [0.2, 0.25) is 0 Å². The van der Waals surface area contributed by atoms with Crippen molar-refractivity contribution >= 4 is 29.4 Å². The lowest BCUT2D eigenvalue weighted by Crippen LogP contribution is -2.41. The van der Waals surface area contributed by atoms with E-state index in [1.165, 1.54) is 12.3 Å². The van der Waals surface area contributed by atoms with Crippen LogP contribution in [0.25, 0.3) is 11.1 Å². The zero-order chi connectivity index (χ0) is 14.8. The third-order valence-electron chi connectivity index (χ3n) is 2.81. The zero-order valence-corrected chi connectivity index (χ0v) is 12.0. The summed E-state index contributed by atoms with van der Waals surface area (Å²) in [4.78, 5) is 15.7. The van der Waals surface area contributed by atoms with Crippen LogP contribution in [0.5, 0.6) is 0 Å². The fourth-order valence-electron chi connectivity index (χ4n) is 1.64. The molecule has 2 rings (SSSR count). The Morgan fingerprint density at radius 2 is 2.24 bits per heavy atom. The number of hydrogen-bond donors (Lipinski definition) is 2. The molecule has 9 heteroatoms. The van der Waals surface area contributed by atoms with Crippen molar-refractivity contribution in [2.45, 2.75) is 19.3 Å². The lowest BCUT2D eigenvalue weighted by molar-refractivity contribution is 0.0118. The Morgan fingerprint density at radius 1 is 1.52 bits per heavy atom. The van der Waals surface area contributed by atoms with Crippen LogP contribution in [0.3, 0.4) is 0 Å². The van der Waals surface area contributed by atoms with Crippen molar-refractivity contribution in [2.24, 2.45) is 5.73 Å². The minimum atomic E-state index is -3.13. The molecule has 0 bridgehead atoms. The molecule has 2 aromatic heterocycles. The largest absolute Gasteiger partial charge is 0.346 e. The first-order valence-electron chi connectivity index (χ1n) is 6.07. The van der Waals surface area contributed by atoms with Crippen molar-refractivity contribution in [1.29, 1.82) is 0 Å². The summed E-state index contributed by atoms with van der Waals surface area (Å²) in [5.74, 6) is -3.77. The number of nitrogens with zero attached hydrogens (tertiary/aromatic N) is 2. The Hall–Kier alpha value is -1.80. The predicted octanol–water partition coefficient (Wildman–Crippen LogP) is 1.53. The molecule has 0 fully saturated rings. The maximum Gasteiger partial charge on any atom is 0.277 e. The zero-order valence-electron chi connectivity index (χ0n) is 11.2. The Kier molecular flexibility index (Phi) is 5.56. The van der Waals surface area contributed by atoms with Gasteiger partial charge in [-0.1, -0.05) is 12.1 Å². The van der Waals surface area contributed by atoms with Crippen molar-refractivity contribution < 1.29 is 18.1 Å². The Bertz CT molecular complexity index is 633. The summed E-state index contributed by atoms with van der Waals surface area (Å²) in [6, 6.07) is 1.52. The normalized spacial score (nSPS) is 11.2. The van der Waals surface area contributed by atoms with E-state index in [0.29, 0.717) is 23.2 Å². The number of fused-ring (bicyclic) bond motifs is 1. The molecule has 0 aliphatic rings. The van der Waals surface area contributed by atoms with Crippen LogP contribution in [0.4, 0.5) is 8.78 Å². The summed E-state index contributed by atoms with van der Waals surface area (Å²) in [5, 5.41) is 6.53. The van der Waals surface area contributed by atoms with E-state index in [1.54, 1.807) is 0 Å². The van der Waals surface area contributed by atoms with Gasteiger partial charge in [-0.25, -0.2) is 13.8 Å². The molecule has 2 heterocycles. The molecule has 21 heavy (non-hydrogen) atoms. The number of rotatable bonds is 5. The molecule has 116 valence electrons. The smallest absolute Gasteiger partial charge is 0.277 e. The van der Waals surface area contributed by atoms with Crippen molar-refractivity contribution in [1.82, 2.24) is 15.5 Å². The molecule has 0 aliphatic carbocycles. The molecule has 0 unspecified atom stereocenters. The molecule has 0 aromatic carbocycles. The SMILES string of the molecule is CCc1noc2ncc(C(=O)NCC(F)(F)CN)cc12.Cl. The standard InChI is InChI=1S/C12H14F2N4O2.ClH/c1-2-9-8-3-7(4-16-11(8)20-18-9)10(19)17-6-12(13,14)5-15;/h3-4H,2,5-6,15H2,1H3,(H,17,19);1H. The van der Waals surface area contributed by atoms with E-state index in [1.807, 2.05) is 6.92 Å². The van der Waals surface area contributed by atoms with Gasteiger partial charge in [-0.15, -0.1) is 12.4 Å². The molecule has 0 saturated heterocycles. The highest BCUT2D eigenvalue weighted by Crippen LogP contribution is 2.18. The summed E-state index contributed by atoms with van der Waals surface area (Å²) in [6.07, 6.45) is 1.87. The lowest BCUT2D eigenvalue weighted by Gasteiger charge is -2.14. The van der Waals surface area contributed by atoms with Gasteiger partial charge in [-0.3, -0.25) is 4.79 Å². The average Bonchev–Trinajstić information content (AvgIpc) is 2.87. The number of nitrogens with one attached hydrogen (secondary N) is 1. The maximum atomic E-state index is 13.0. The number of halogens is 3. The first-order chi connectivity index (χ1) is 9.46. The summed E-state index contributed by atoms with van der Waals surface area (Å²) in [5.41, 5.74) is 6.04. The molecule has 1 amide bonds. The molecule has 0 atom stereocenters. The van der Waals surface area contributed by atoms with Gasteiger partial charge in [0.25, 0.3) is 17.5 Å². The van der Waals surface area contributed by atoms with Gasteiger partial charge in [-0.2, -0.15) is 0 Å².